The van der Waals surface area contributed by atoms with E-state index in [-0.39, 0.29) is 23.4 Å². The van der Waals surface area contributed by atoms with Crippen LogP contribution in [0.15, 0.2) is 18.2 Å². The monoisotopic (exact) mass is 256 g/mol. The van der Waals surface area contributed by atoms with Crippen LogP contribution < -0.4 is 0 Å². The molecule has 0 spiro atoms. The van der Waals surface area contributed by atoms with Crippen molar-refractivity contribution < 1.29 is 19.1 Å². The Morgan fingerprint density at radius 3 is 2.47 bits per heavy atom. The molecular formula is C12H10ClFO3. The van der Waals surface area contributed by atoms with Gasteiger partial charge in [0.25, 0.3) is 0 Å². The number of aliphatic carboxylic acids is 1. The number of carboxylic acids is 1. The molecule has 3 nitrogen and oxygen atoms in total. The summed E-state index contributed by atoms with van der Waals surface area (Å²) in [7, 11) is 0. The summed E-state index contributed by atoms with van der Waals surface area (Å²) < 4.78 is 13.5. The van der Waals surface area contributed by atoms with Crippen LogP contribution in [0.1, 0.15) is 29.6 Å². The van der Waals surface area contributed by atoms with Crippen molar-refractivity contribution in [1.82, 2.24) is 0 Å². The van der Waals surface area contributed by atoms with Gasteiger partial charge in [0.2, 0.25) is 0 Å². The van der Waals surface area contributed by atoms with E-state index in [2.05, 4.69) is 0 Å². The van der Waals surface area contributed by atoms with Crippen LogP contribution in [0.4, 0.5) is 4.39 Å². The quantitative estimate of drug-likeness (QED) is 0.668. The SMILES string of the molecule is O=C(O)C1(C(=O)c2cc(Cl)ccc2F)CCC1. The molecule has 90 valence electrons. The maximum absolute atomic E-state index is 13.5. The summed E-state index contributed by atoms with van der Waals surface area (Å²) in [6.07, 6.45) is 1.18. The Kier molecular flexibility index (Phi) is 2.91. The van der Waals surface area contributed by atoms with Crippen LogP contribution in [-0.4, -0.2) is 16.9 Å². The number of Topliss-reactive ketones (excluding diaryl/α,β-unsaturated/α-hetero) is 1. The number of ketones is 1. The molecule has 0 aliphatic heterocycles. The van der Waals surface area contributed by atoms with Gasteiger partial charge in [0.05, 0.1) is 5.56 Å². The summed E-state index contributed by atoms with van der Waals surface area (Å²) in [4.78, 5) is 23.2. The zero-order valence-electron chi connectivity index (χ0n) is 8.87. The Hall–Kier alpha value is -1.42. The van der Waals surface area contributed by atoms with Gasteiger partial charge in [-0.1, -0.05) is 18.0 Å². The molecular weight excluding hydrogens is 247 g/mol. The number of carboxylic acid groups (broad SMARTS) is 1. The van der Waals surface area contributed by atoms with Crippen molar-refractivity contribution in [2.45, 2.75) is 19.3 Å². The molecule has 0 atom stereocenters. The van der Waals surface area contributed by atoms with Crippen molar-refractivity contribution >= 4 is 23.4 Å². The minimum absolute atomic E-state index is 0.217. The molecule has 0 radical (unpaired) electrons. The van der Waals surface area contributed by atoms with E-state index in [1.54, 1.807) is 0 Å². The second-order valence-electron chi connectivity index (χ2n) is 4.19. The van der Waals surface area contributed by atoms with Gasteiger partial charge in [-0.2, -0.15) is 0 Å². The van der Waals surface area contributed by atoms with E-state index in [0.717, 1.165) is 6.07 Å². The predicted molar refractivity (Wildman–Crippen MR) is 59.7 cm³/mol. The minimum atomic E-state index is -1.45. The first-order chi connectivity index (χ1) is 7.97. The van der Waals surface area contributed by atoms with E-state index in [0.29, 0.717) is 6.42 Å². The maximum atomic E-state index is 13.5. The maximum Gasteiger partial charge on any atom is 0.317 e. The normalized spacial score (nSPS) is 17.3. The van der Waals surface area contributed by atoms with Gasteiger partial charge in [-0.3, -0.25) is 9.59 Å². The summed E-state index contributed by atoms with van der Waals surface area (Å²) in [5.41, 5.74) is -1.69. The average Bonchev–Trinajstić information content (AvgIpc) is 2.19. The molecule has 5 heteroatoms. The molecule has 0 aromatic heterocycles. The Balaban J connectivity index is 2.43. The second-order valence-corrected chi connectivity index (χ2v) is 4.63. The number of rotatable bonds is 3. The van der Waals surface area contributed by atoms with Gasteiger partial charge in [0.1, 0.15) is 11.2 Å². The van der Waals surface area contributed by atoms with Crippen molar-refractivity contribution in [3.05, 3.63) is 34.6 Å². The first-order valence-electron chi connectivity index (χ1n) is 5.20. The van der Waals surface area contributed by atoms with Crippen molar-refractivity contribution in [2.24, 2.45) is 5.41 Å². The van der Waals surface area contributed by atoms with E-state index in [9.17, 15) is 14.0 Å². The summed E-state index contributed by atoms with van der Waals surface area (Å²) in [5, 5.41) is 9.32. The first kappa shape index (κ1) is 12.0. The van der Waals surface area contributed by atoms with E-state index in [4.69, 9.17) is 16.7 Å². The number of hydrogen-bond acceptors (Lipinski definition) is 2. The van der Waals surface area contributed by atoms with Crippen molar-refractivity contribution in [1.29, 1.82) is 0 Å². The summed E-state index contributed by atoms with van der Waals surface area (Å²) in [6, 6.07) is 3.58. The highest BCUT2D eigenvalue weighted by Crippen LogP contribution is 2.44. The van der Waals surface area contributed by atoms with Gasteiger partial charge in [-0.05, 0) is 31.0 Å². The smallest absolute Gasteiger partial charge is 0.317 e. The molecule has 1 aliphatic carbocycles. The molecule has 1 saturated carbocycles. The third-order valence-corrected chi connectivity index (χ3v) is 3.46. The van der Waals surface area contributed by atoms with E-state index in [1.165, 1.54) is 12.1 Å². The second kappa shape index (κ2) is 4.11. The fourth-order valence-electron chi connectivity index (χ4n) is 2.00. The van der Waals surface area contributed by atoms with Crippen LogP contribution in [0.25, 0.3) is 0 Å². The van der Waals surface area contributed by atoms with E-state index in [1.807, 2.05) is 0 Å². The molecule has 0 unspecified atom stereocenters. The Bertz CT molecular complexity index is 495. The van der Waals surface area contributed by atoms with Crippen molar-refractivity contribution in [2.75, 3.05) is 0 Å². The standard InChI is InChI=1S/C12H10ClFO3/c13-7-2-3-9(14)8(6-7)10(15)12(11(16)17)4-1-5-12/h2-3,6H,1,4-5H2,(H,16,17). The highest BCUT2D eigenvalue weighted by molar-refractivity contribution is 6.31. The molecule has 1 N–H and O–H groups in total. The predicted octanol–water partition coefficient (Wildman–Crippen LogP) is 2.92. The Morgan fingerprint density at radius 2 is 2.00 bits per heavy atom. The number of carbonyl (C=O) groups excluding carboxylic acids is 1. The topological polar surface area (TPSA) is 54.4 Å². The fourth-order valence-corrected chi connectivity index (χ4v) is 2.17. The Labute approximate surface area is 102 Å². The van der Waals surface area contributed by atoms with Crippen LogP contribution in [0.3, 0.4) is 0 Å². The number of hydrogen-bond donors (Lipinski definition) is 1. The lowest BCUT2D eigenvalue weighted by molar-refractivity contribution is -0.150. The lowest BCUT2D eigenvalue weighted by atomic mass is 9.64. The lowest BCUT2D eigenvalue weighted by Gasteiger charge is -2.36. The van der Waals surface area contributed by atoms with Crippen LogP contribution in [-0.2, 0) is 4.79 Å². The molecule has 0 heterocycles. The van der Waals surface area contributed by atoms with Crippen LogP contribution >= 0.6 is 11.6 Å². The molecule has 0 amide bonds. The van der Waals surface area contributed by atoms with Crippen molar-refractivity contribution in [3.63, 3.8) is 0 Å². The third-order valence-electron chi connectivity index (χ3n) is 3.22. The number of benzene rings is 1. The van der Waals surface area contributed by atoms with Crippen LogP contribution in [0.5, 0.6) is 0 Å². The number of carbonyl (C=O) groups is 2. The van der Waals surface area contributed by atoms with Gasteiger partial charge < -0.3 is 5.11 Å². The number of halogens is 2. The zero-order valence-corrected chi connectivity index (χ0v) is 9.63. The highest BCUT2D eigenvalue weighted by Gasteiger charge is 2.51. The van der Waals surface area contributed by atoms with Gasteiger partial charge >= 0.3 is 5.97 Å². The molecule has 0 bridgehead atoms. The molecule has 1 aromatic rings. The largest absolute Gasteiger partial charge is 0.480 e. The zero-order chi connectivity index (χ0) is 12.6. The molecule has 1 fully saturated rings. The van der Waals surface area contributed by atoms with Crippen LogP contribution in [0.2, 0.25) is 5.02 Å². The molecule has 2 rings (SSSR count). The molecule has 1 aliphatic rings. The summed E-state index contributed by atoms with van der Waals surface area (Å²) >= 11 is 5.69. The summed E-state index contributed by atoms with van der Waals surface area (Å²) in [5.74, 6) is -2.60. The first-order valence-corrected chi connectivity index (χ1v) is 5.58. The average molecular weight is 257 g/mol. The van der Waals surface area contributed by atoms with Crippen LogP contribution in [0, 0.1) is 11.2 Å². The van der Waals surface area contributed by atoms with Gasteiger partial charge in [0, 0.05) is 5.02 Å². The molecule has 0 saturated heterocycles. The minimum Gasteiger partial charge on any atom is -0.480 e. The van der Waals surface area contributed by atoms with Gasteiger partial charge in [0.15, 0.2) is 5.78 Å². The molecule has 17 heavy (non-hydrogen) atoms. The summed E-state index contributed by atoms with van der Waals surface area (Å²) in [6.45, 7) is 0. The highest BCUT2D eigenvalue weighted by atomic mass is 35.5. The fraction of sp³-hybridized carbons (Fsp3) is 0.333. The van der Waals surface area contributed by atoms with Crippen molar-refractivity contribution in [3.8, 4) is 0 Å². The van der Waals surface area contributed by atoms with E-state index < -0.39 is 23.0 Å². The Morgan fingerprint density at radius 1 is 1.35 bits per heavy atom. The van der Waals surface area contributed by atoms with Gasteiger partial charge in [-0.25, -0.2) is 4.39 Å². The third kappa shape index (κ3) is 1.82. The van der Waals surface area contributed by atoms with Gasteiger partial charge in [-0.15, -0.1) is 0 Å². The lowest BCUT2D eigenvalue weighted by Crippen LogP contribution is -2.45. The molecule has 1 aromatic carbocycles. The van der Waals surface area contributed by atoms with E-state index >= 15 is 0 Å².